The van der Waals surface area contributed by atoms with Crippen molar-refractivity contribution >= 4 is 40.2 Å². The quantitative estimate of drug-likeness (QED) is 0.469. The number of phenolic OH excluding ortho intramolecular Hbond substituents is 1. The molecule has 0 radical (unpaired) electrons. The number of hydrogen-bond donors (Lipinski definition) is 3. The first kappa shape index (κ1) is 24.1. The van der Waals surface area contributed by atoms with Crippen LogP contribution >= 0.6 is 11.6 Å². The molecule has 0 spiro atoms. The lowest BCUT2D eigenvalue weighted by atomic mass is 10.0. The van der Waals surface area contributed by atoms with Gasteiger partial charge in [0.2, 0.25) is 11.8 Å². The van der Waals surface area contributed by atoms with E-state index >= 15 is 0 Å². The van der Waals surface area contributed by atoms with E-state index in [4.69, 9.17) is 17.3 Å². The van der Waals surface area contributed by atoms with E-state index in [1.54, 1.807) is 27.7 Å². The minimum absolute atomic E-state index is 0.00662. The zero-order chi connectivity index (χ0) is 25.6. The van der Waals surface area contributed by atoms with Gasteiger partial charge in [0.1, 0.15) is 24.2 Å². The smallest absolute Gasteiger partial charge is 0.250 e. The molecule has 5 rings (SSSR count). The van der Waals surface area contributed by atoms with E-state index in [0.29, 0.717) is 17.3 Å². The van der Waals surface area contributed by atoms with Crippen molar-refractivity contribution in [1.82, 2.24) is 14.8 Å². The van der Waals surface area contributed by atoms with Crippen molar-refractivity contribution in [2.75, 3.05) is 0 Å². The maximum atomic E-state index is 14.3. The second kappa shape index (κ2) is 9.46. The van der Waals surface area contributed by atoms with Crippen molar-refractivity contribution in [3.05, 3.63) is 64.6 Å². The summed E-state index contributed by atoms with van der Waals surface area (Å²) < 4.78 is 15.9. The SMILES string of the molecule is NC(=O)c1cn(CC(=O)N2[C@@H]3CCC[C@@H]3C[C@H]2C(=O)NCc2cccc(Cl)c2F)c2cc(O)ccc12. The van der Waals surface area contributed by atoms with Crippen LogP contribution in [0.1, 0.15) is 41.6 Å². The molecule has 3 aromatic rings. The van der Waals surface area contributed by atoms with Gasteiger partial charge in [0, 0.05) is 35.8 Å². The molecule has 2 heterocycles. The Morgan fingerprint density at radius 3 is 2.78 bits per heavy atom. The fourth-order valence-corrected chi connectivity index (χ4v) is 5.90. The Bertz CT molecular complexity index is 1370. The number of nitrogens with two attached hydrogens (primary N) is 1. The van der Waals surface area contributed by atoms with Crippen LogP contribution in [0.15, 0.2) is 42.6 Å². The fraction of sp³-hybridized carbons (Fsp3) is 0.346. The number of nitrogens with one attached hydrogen (secondary N) is 1. The molecule has 3 amide bonds. The second-order valence-electron chi connectivity index (χ2n) is 9.48. The Balaban J connectivity index is 1.39. The fourth-order valence-electron chi connectivity index (χ4n) is 5.70. The Kier molecular flexibility index (Phi) is 6.34. The molecule has 188 valence electrons. The summed E-state index contributed by atoms with van der Waals surface area (Å²) in [6.45, 7) is -0.161. The lowest BCUT2D eigenvalue weighted by Gasteiger charge is -2.29. The Morgan fingerprint density at radius 1 is 1.19 bits per heavy atom. The van der Waals surface area contributed by atoms with Crippen LogP contribution in [-0.4, -0.2) is 44.4 Å². The third kappa shape index (κ3) is 4.28. The van der Waals surface area contributed by atoms with Crippen LogP contribution in [0.2, 0.25) is 5.02 Å². The Hall–Kier alpha value is -3.59. The number of rotatable bonds is 6. The van der Waals surface area contributed by atoms with Gasteiger partial charge in [-0.15, -0.1) is 0 Å². The van der Waals surface area contributed by atoms with Crippen LogP contribution < -0.4 is 11.1 Å². The van der Waals surface area contributed by atoms with Crippen LogP contribution in [-0.2, 0) is 22.7 Å². The molecule has 36 heavy (non-hydrogen) atoms. The van der Waals surface area contributed by atoms with E-state index in [0.717, 1.165) is 19.3 Å². The van der Waals surface area contributed by atoms with Crippen molar-refractivity contribution in [3.8, 4) is 5.75 Å². The number of carbonyl (C=O) groups excluding carboxylic acids is 3. The summed E-state index contributed by atoms with van der Waals surface area (Å²) in [5.41, 5.74) is 6.53. The van der Waals surface area contributed by atoms with Gasteiger partial charge in [-0.25, -0.2) is 4.39 Å². The molecule has 1 saturated carbocycles. The monoisotopic (exact) mass is 512 g/mol. The summed E-state index contributed by atoms with van der Waals surface area (Å²) in [6, 6.07) is 8.38. The summed E-state index contributed by atoms with van der Waals surface area (Å²) >= 11 is 5.85. The van der Waals surface area contributed by atoms with E-state index in [1.165, 1.54) is 24.4 Å². The third-order valence-corrected chi connectivity index (χ3v) is 7.64. The number of hydrogen-bond acceptors (Lipinski definition) is 4. The average Bonchev–Trinajstić information content (AvgIpc) is 3.53. The van der Waals surface area contributed by atoms with Gasteiger partial charge in [0.25, 0.3) is 5.91 Å². The summed E-state index contributed by atoms with van der Waals surface area (Å²) in [4.78, 5) is 40.4. The molecule has 2 aromatic carbocycles. The van der Waals surface area contributed by atoms with Crippen molar-refractivity contribution in [2.24, 2.45) is 11.7 Å². The number of nitrogens with zero attached hydrogens (tertiary/aromatic N) is 2. The van der Waals surface area contributed by atoms with E-state index in [-0.39, 0.29) is 58.8 Å². The Labute approximate surface area is 211 Å². The first-order valence-corrected chi connectivity index (χ1v) is 12.3. The molecule has 1 aliphatic carbocycles. The van der Waals surface area contributed by atoms with Crippen molar-refractivity contribution in [3.63, 3.8) is 0 Å². The van der Waals surface area contributed by atoms with Gasteiger partial charge in [0.05, 0.1) is 16.1 Å². The van der Waals surface area contributed by atoms with Crippen molar-refractivity contribution in [2.45, 2.75) is 50.9 Å². The maximum Gasteiger partial charge on any atom is 0.250 e. The molecule has 1 saturated heterocycles. The van der Waals surface area contributed by atoms with Gasteiger partial charge in [0.15, 0.2) is 0 Å². The number of aromatic hydroxyl groups is 1. The van der Waals surface area contributed by atoms with Gasteiger partial charge in [-0.2, -0.15) is 0 Å². The van der Waals surface area contributed by atoms with Gasteiger partial charge in [-0.05, 0) is 43.4 Å². The summed E-state index contributed by atoms with van der Waals surface area (Å²) in [5.74, 6) is -1.62. The second-order valence-corrected chi connectivity index (χ2v) is 9.89. The van der Waals surface area contributed by atoms with Crippen LogP contribution in [0.5, 0.6) is 5.75 Å². The number of halogens is 2. The number of aromatic nitrogens is 1. The van der Waals surface area contributed by atoms with Crippen LogP contribution in [0, 0.1) is 11.7 Å². The number of fused-ring (bicyclic) bond motifs is 2. The number of likely N-dealkylation sites (tertiary alicyclic amines) is 1. The van der Waals surface area contributed by atoms with Crippen LogP contribution in [0.25, 0.3) is 10.9 Å². The van der Waals surface area contributed by atoms with E-state index < -0.39 is 17.8 Å². The molecule has 3 atom stereocenters. The molecule has 8 nitrogen and oxygen atoms in total. The number of amides is 3. The van der Waals surface area contributed by atoms with Gasteiger partial charge in [-0.3, -0.25) is 14.4 Å². The number of benzene rings is 2. The molecular weight excluding hydrogens is 487 g/mol. The normalized spacial score (nSPS) is 21.1. The first-order chi connectivity index (χ1) is 17.2. The molecule has 0 unspecified atom stereocenters. The van der Waals surface area contributed by atoms with Gasteiger partial charge >= 0.3 is 0 Å². The lowest BCUT2D eigenvalue weighted by Crippen LogP contribution is -2.49. The molecule has 10 heteroatoms. The lowest BCUT2D eigenvalue weighted by molar-refractivity contribution is -0.141. The van der Waals surface area contributed by atoms with Crippen molar-refractivity contribution < 1.29 is 23.9 Å². The summed E-state index contributed by atoms with van der Waals surface area (Å²) in [6.07, 6.45) is 4.77. The Morgan fingerprint density at radius 2 is 2.00 bits per heavy atom. The highest BCUT2D eigenvalue weighted by Gasteiger charge is 2.48. The van der Waals surface area contributed by atoms with Crippen LogP contribution in [0.4, 0.5) is 4.39 Å². The minimum atomic E-state index is -0.680. The van der Waals surface area contributed by atoms with Gasteiger partial charge < -0.3 is 25.6 Å². The largest absolute Gasteiger partial charge is 0.508 e. The molecular formula is C26H26ClFN4O4. The van der Waals surface area contributed by atoms with Crippen LogP contribution in [0.3, 0.4) is 0 Å². The van der Waals surface area contributed by atoms with Gasteiger partial charge in [-0.1, -0.05) is 30.2 Å². The van der Waals surface area contributed by atoms with E-state index in [1.807, 2.05) is 0 Å². The third-order valence-electron chi connectivity index (χ3n) is 7.35. The number of primary amides is 1. The standard InChI is InChI=1S/C26H26ClFN4O4/c27-19-5-1-4-15(24(19)28)11-30-26(36)22-9-14-3-2-6-20(14)32(22)23(34)13-31-12-18(25(29)35)17-8-7-16(33)10-21(17)31/h1,4-5,7-8,10,12,14,20,22,33H,2-3,6,9,11,13H2,(H2,29,35)(H,30,36)/t14-,20-,22+/m1/s1. The minimum Gasteiger partial charge on any atom is -0.508 e. The highest BCUT2D eigenvalue weighted by Crippen LogP contribution is 2.41. The molecule has 2 aliphatic rings. The average molecular weight is 513 g/mol. The predicted molar refractivity (Wildman–Crippen MR) is 132 cm³/mol. The number of carbonyl (C=O) groups is 3. The van der Waals surface area contributed by atoms with E-state index in [9.17, 15) is 23.9 Å². The van der Waals surface area contributed by atoms with Crippen molar-refractivity contribution in [1.29, 1.82) is 0 Å². The van der Waals surface area contributed by atoms with E-state index in [2.05, 4.69) is 5.32 Å². The zero-order valence-corrected chi connectivity index (χ0v) is 20.2. The predicted octanol–water partition coefficient (Wildman–Crippen LogP) is 3.32. The molecule has 4 N–H and O–H groups in total. The highest BCUT2D eigenvalue weighted by molar-refractivity contribution is 6.30. The number of phenols is 1. The highest BCUT2D eigenvalue weighted by atomic mass is 35.5. The first-order valence-electron chi connectivity index (χ1n) is 11.9. The molecule has 2 fully saturated rings. The molecule has 1 aromatic heterocycles. The maximum absolute atomic E-state index is 14.3. The molecule has 0 bridgehead atoms. The molecule has 1 aliphatic heterocycles. The topological polar surface area (TPSA) is 118 Å². The summed E-state index contributed by atoms with van der Waals surface area (Å²) in [7, 11) is 0. The summed E-state index contributed by atoms with van der Waals surface area (Å²) in [5, 5.41) is 13.2. The zero-order valence-electron chi connectivity index (χ0n) is 19.4.